The molecule has 1 N–H and O–H groups in total. The lowest BCUT2D eigenvalue weighted by molar-refractivity contribution is 0.0816. The maximum Gasteiger partial charge on any atom is 0.254 e. The van der Waals surface area contributed by atoms with Crippen LogP contribution in [0.25, 0.3) is 0 Å². The molecule has 4 heteroatoms. The predicted molar refractivity (Wildman–Crippen MR) is 78.2 cm³/mol. The van der Waals surface area contributed by atoms with Gasteiger partial charge in [0.25, 0.3) is 5.91 Å². The molecule has 0 spiro atoms. The van der Waals surface area contributed by atoms with E-state index in [0.717, 1.165) is 42.9 Å². The fourth-order valence-corrected chi connectivity index (χ4v) is 3.41. The van der Waals surface area contributed by atoms with Crippen molar-refractivity contribution < 1.29 is 9.53 Å². The van der Waals surface area contributed by atoms with Crippen molar-refractivity contribution in [1.82, 2.24) is 10.2 Å². The molecular weight excluding hydrogens is 252 g/mol. The maximum atomic E-state index is 12.1. The molecule has 0 bridgehead atoms. The Labute approximate surface area is 120 Å². The first kappa shape index (κ1) is 13.4. The number of nitrogens with zero attached hydrogens (tertiary/aromatic N) is 1. The number of hydrogen-bond donors (Lipinski definition) is 1. The van der Waals surface area contributed by atoms with Crippen molar-refractivity contribution in [3.63, 3.8) is 0 Å². The van der Waals surface area contributed by atoms with Gasteiger partial charge in [-0.25, -0.2) is 0 Å². The third kappa shape index (κ3) is 1.74. The highest BCUT2D eigenvalue weighted by Crippen LogP contribution is 2.47. The fraction of sp³-hybridized carbons (Fsp3) is 0.562. The largest absolute Gasteiger partial charge is 0.492 e. The normalized spacial score (nSPS) is 23.8. The van der Waals surface area contributed by atoms with Crippen LogP contribution < -0.4 is 10.1 Å². The number of carbonyl (C=O) groups excluding carboxylic acids is 1. The summed E-state index contributed by atoms with van der Waals surface area (Å²) in [5.41, 5.74) is 3.27. The van der Waals surface area contributed by atoms with Crippen molar-refractivity contribution in [2.75, 3.05) is 27.2 Å². The minimum Gasteiger partial charge on any atom is -0.492 e. The van der Waals surface area contributed by atoms with Gasteiger partial charge in [-0.15, -0.1) is 0 Å². The quantitative estimate of drug-likeness (QED) is 0.912. The van der Waals surface area contributed by atoms with E-state index >= 15 is 0 Å². The zero-order chi connectivity index (χ0) is 14.3. The lowest BCUT2D eigenvalue weighted by Gasteiger charge is -2.26. The molecular formula is C16H22N2O2. The van der Waals surface area contributed by atoms with E-state index in [-0.39, 0.29) is 11.3 Å². The van der Waals surface area contributed by atoms with Crippen LogP contribution in [-0.4, -0.2) is 38.1 Å². The van der Waals surface area contributed by atoms with Gasteiger partial charge < -0.3 is 15.0 Å². The molecule has 2 heterocycles. The average molecular weight is 274 g/mol. The molecule has 1 amide bonds. The molecule has 0 aromatic heterocycles. The van der Waals surface area contributed by atoms with Gasteiger partial charge in [0.1, 0.15) is 5.75 Å². The van der Waals surface area contributed by atoms with Gasteiger partial charge in [0, 0.05) is 29.2 Å². The first-order valence-corrected chi connectivity index (χ1v) is 7.32. The lowest BCUT2D eigenvalue weighted by Crippen LogP contribution is -2.31. The van der Waals surface area contributed by atoms with Crippen LogP contribution in [0.5, 0.6) is 5.75 Å². The average Bonchev–Trinajstić information content (AvgIpc) is 2.97. The monoisotopic (exact) mass is 274 g/mol. The van der Waals surface area contributed by atoms with E-state index in [0.29, 0.717) is 6.54 Å². The molecule has 3 rings (SSSR count). The Hall–Kier alpha value is -1.55. The van der Waals surface area contributed by atoms with Crippen LogP contribution in [0.3, 0.4) is 0 Å². The second-order valence-corrected chi connectivity index (χ2v) is 5.91. The molecule has 108 valence electrons. The number of benzene rings is 1. The van der Waals surface area contributed by atoms with E-state index in [9.17, 15) is 4.79 Å². The molecule has 1 atom stereocenters. The summed E-state index contributed by atoms with van der Waals surface area (Å²) in [6.07, 6.45) is 2.12. The highest BCUT2D eigenvalue weighted by molar-refractivity contribution is 5.99. The molecule has 4 nitrogen and oxygen atoms in total. The van der Waals surface area contributed by atoms with Crippen molar-refractivity contribution in [1.29, 1.82) is 0 Å². The molecule has 0 radical (unpaired) electrons. The van der Waals surface area contributed by atoms with Gasteiger partial charge >= 0.3 is 0 Å². The Morgan fingerprint density at radius 1 is 1.45 bits per heavy atom. The summed E-state index contributed by atoms with van der Waals surface area (Å²) in [4.78, 5) is 13.8. The van der Waals surface area contributed by atoms with Crippen LogP contribution >= 0.6 is 0 Å². The van der Waals surface area contributed by atoms with E-state index in [4.69, 9.17) is 4.74 Å². The Balaban J connectivity index is 2.04. The molecule has 1 unspecified atom stereocenters. The second kappa shape index (κ2) is 4.77. The first-order chi connectivity index (χ1) is 9.63. The molecule has 0 aliphatic carbocycles. The van der Waals surface area contributed by atoms with Crippen molar-refractivity contribution in [3.05, 3.63) is 28.8 Å². The SMILES string of the molecule is CCC1(CCNC)COc2c1ccc1c2CN(C)C1=O. The number of amides is 1. The summed E-state index contributed by atoms with van der Waals surface area (Å²) < 4.78 is 6.04. The third-order valence-corrected chi connectivity index (χ3v) is 4.83. The van der Waals surface area contributed by atoms with Crippen LogP contribution in [0.4, 0.5) is 0 Å². The fourth-order valence-electron chi connectivity index (χ4n) is 3.41. The molecule has 2 aliphatic heterocycles. The van der Waals surface area contributed by atoms with E-state index in [1.54, 1.807) is 4.90 Å². The van der Waals surface area contributed by atoms with Crippen LogP contribution in [0.15, 0.2) is 12.1 Å². The number of nitrogens with one attached hydrogen (secondary N) is 1. The van der Waals surface area contributed by atoms with E-state index in [1.165, 1.54) is 5.56 Å². The molecule has 0 saturated heterocycles. The maximum absolute atomic E-state index is 12.1. The Morgan fingerprint density at radius 2 is 2.25 bits per heavy atom. The van der Waals surface area contributed by atoms with E-state index in [2.05, 4.69) is 18.3 Å². The van der Waals surface area contributed by atoms with Crippen molar-refractivity contribution >= 4 is 5.91 Å². The number of fused-ring (bicyclic) bond motifs is 3. The van der Waals surface area contributed by atoms with Gasteiger partial charge in [-0.05, 0) is 32.5 Å². The van der Waals surface area contributed by atoms with Gasteiger partial charge in [-0.2, -0.15) is 0 Å². The predicted octanol–water partition coefficient (Wildman–Crippen LogP) is 1.92. The second-order valence-electron chi connectivity index (χ2n) is 5.91. The molecule has 20 heavy (non-hydrogen) atoms. The summed E-state index contributed by atoms with van der Waals surface area (Å²) in [7, 11) is 3.83. The van der Waals surface area contributed by atoms with Gasteiger partial charge in [0.15, 0.2) is 0 Å². The minimum absolute atomic E-state index is 0.0948. The van der Waals surface area contributed by atoms with E-state index < -0.39 is 0 Å². The van der Waals surface area contributed by atoms with Gasteiger partial charge in [0.2, 0.25) is 0 Å². The number of ether oxygens (including phenoxy) is 1. The standard InChI is InChI=1S/C16H22N2O2/c1-4-16(7-8-17-2)10-20-14-12-9-18(3)15(19)11(12)5-6-13(14)16/h5-6,17H,4,7-10H2,1-3H3. The van der Waals surface area contributed by atoms with Gasteiger partial charge in [-0.1, -0.05) is 13.0 Å². The van der Waals surface area contributed by atoms with Crippen molar-refractivity contribution in [2.45, 2.75) is 31.7 Å². The molecule has 1 aromatic rings. The smallest absolute Gasteiger partial charge is 0.254 e. The number of carbonyl (C=O) groups is 1. The molecule has 1 aromatic carbocycles. The summed E-state index contributed by atoms with van der Waals surface area (Å²) in [6.45, 7) is 4.60. The summed E-state index contributed by atoms with van der Waals surface area (Å²) >= 11 is 0. The Bertz CT molecular complexity index is 556. The van der Waals surface area contributed by atoms with Crippen LogP contribution in [0, 0.1) is 0 Å². The van der Waals surface area contributed by atoms with Gasteiger partial charge in [-0.3, -0.25) is 4.79 Å². The summed E-state index contributed by atoms with van der Waals surface area (Å²) in [6, 6.07) is 4.09. The van der Waals surface area contributed by atoms with Gasteiger partial charge in [0.05, 0.1) is 13.2 Å². The summed E-state index contributed by atoms with van der Waals surface area (Å²) in [5, 5.41) is 3.23. The zero-order valence-electron chi connectivity index (χ0n) is 12.5. The highest BCUT2D eigenvalue weighted by atomic mass is 16.5. The number of rotatable bonds is 4. The van der Waals surface area contributed by atoms with Crippen LogP contribution in [-0.2, 0) is 12.0 Å². The topological polar surface area (TPSA) is 41.6 Å². The van der Waals surface area contributed by atoms with Crippen molar-refractivity contribution in [2.24, 2.45) is 0 Å². The van der Waals surface area contributed by atoms with Crippen LogP contribution in [0.1, 0.15) is 41.3 Å². The Kier molecular flexibility index (Phi) is 3.21. The minimum atomic E-state index is 0.0948. The lowest BCUT2D eigenvalue weighted by atomic mass is 9.76. The molecule has 0 fully saturated rings. The first-order valence-electron chi connectivity index (χ1n) is 7.32. The van der Waals surface area contributed by atoms with Crippen molar-refractivity contribution in [3.8, 4) is 5.75 Å². The Morgan fingerprint density at radius 3 is 2.95 bits per heavy atom. The van der Waals surface area contributed by atoms with E-state index in [1.807, 2.05) is 20.2 Å². The third-order valence-electron chi connectivity index (χ3n) is 4.83. The summed E-state index contributed by atoms with van der Waals surface area (Å²) in [5.74, 6) is 1.08. The molecule has 0 saturated carbocycles. The number of hydrogen-bond acceptors (Lipinski definition) is 3. The zero-order valence-corrected chi connectivity index (χ0v) is 12.5. The highest BCUT2D eigenvalue weighted by Gasteiger charge is 2.42. The molecule has 2 aliphatic rings. The van der Waals surface area contributed by atoms with Crippen LogP contribution in [0.2, 0.25) is 0 Å².